The van der Waals surface area contributed by atoms with Crippen LogP contribution in [0.3, 0.4) is 0 Å². The summed E-state index contributed by atoms with van der Waals surface area (Å²) in [6, 6.07) is 0. The van der Waals surface area contributed by atoms with Gasteiger partial charge in [-0.3, -0.25) is 4.68 Å². The van der Waals surface area contributed by atoms with Gasteiger partial charge >= 0.3 is 5.97 Å². The maximum atomic E-state index is 11.6. The Bertz CT molecular complexity index is 624. The first-order chi connectivity index (χ1) is 10.1. The van der Waals surface area contributed by atoms with Crippen LogP contribution < -0.4 is 5.32 Å². The van der Waals surface area contributed by atoms with Crippen LogP contribution in [0.1, 0.15) is 28.5 Å². The molecule has 2 rings (SSSR count). The van der Waals surface area contributed by atoms with Gasteiger partial charge in [0.1, 0.15) is 0 Å². The first-order valence-corrected chi connectivity index (χ1v) is 6.84. The number of esters is 1. The Labute approximate surface area is 123 Å². The summed E-state index contributed by atoms with van der Waals surface area (Å²) in [5.41, 5.74) is 2.12. The molecule has 0 radical (unpaired) electrons. The predicted molar refractivity (Wildman–Crippen MR) is 78.2 cm³/mol. The van der Waals surface area contributed by atoms with Crippen LogP contribution in [0.4, 0.5) is 5.95 Å². The van der Waals surface area contributed by atoms with Gasteiger partial charge in [0.25, 0.3) is 0 Å². The van der Waals surface area contributed by atoms with Crippen LogP contribution in [0.5, 0.6) is 0 Å². The molecular formula is C14H19N5O2. The number of hydrogen-bond acceptors (Lipinski definition) is 6. The first kappa shape index (κ1) is 15.0. The third-order valence-corrected chi connectivity index (χ3v) is 2.86. The molecule has 2 aromatic heterocycles. The Balaban J connectivity index is 1.92. The highest BCUT2D eigenvalue weighted by molar-refractivity contribution is 5.90. The summed E-state index contributed by atoms with van der Waals surface area (Å²) in [4.78, 5) is 20.0. The fourth-order valence-electron chi connectivity index (χ4n) is 1.83. The summed E-state index contributed by atoms with van der Waals surface area (Å²) in [6.45, 7) is 7.23. The average molecular weight is 289 g/mol. The molecule has 21 heavy (non-hydrogen) atoms. The van der Waals surface area contributed by atoms with E-state index in [2.05, 4.69) is 20.4 Å². The standard InChI is InChI=1S/C14H19N5O2/c1-4-21-13(20)12-8-16-14(18-11(12)3)15-5-6-19-9-10(2)7-17-19/h7-9H,4-6H2,1-3H3,(H,15,16,18). The number of ether oxygens (including phenoxy) is 1. The van der Waals surface area contributed by atoms with Gasteiger partial charge < -0.3 is 10.1 Å². The van der Waals surface area contributed by atoms with Crippen molar-refractivity contribution in [3.63, 3.8) is 0 Å². The van der Waals surface area contributed by atoms with Gasteiger partial charge in [0.2, 0.25) is 5.95 Å². The molecule has 0 saturated carbocycles. The van der Waals surface area contributed by atoms with E-state index < -0.39 is 5.97 Å². The molecule has 0 aliphatic carbocycles. The van der Waals surface area contributed by atoms with Gasteiger partial charge in [-0.25, -0.2) is 14.8 Å². The maximum absolute atomic E-state index is 11.6. The Kier molecular flexibility index (Phi) is 4.86. The van der Waals surface area contributed by atoms with Gasteiger partial charge in [0.15, 0.2) is 0 Å². The Hall–Kier alpha value is -2.44. The van der Waals surface area contributed by atoms with E-state index >= 15 is 0 Å². The number of nitrogens with one attached hydrogen (secondary N) is 1. The molecule has 0 aliphatic heterocycles. The SMILES string of the molecule is CCOC(=O)c1cnc(NCCn2cc(C)cn2)nc1C. The topological polar surface area (TPSA) is 81.9 Å². The number of aryl methyl sites for hydroxylation is 2. The third kappa shape index (κ3) is 4.01. The van der Waals surface area contributed by atoms with Crippen LogP contribution in [0, 0.1) is 13.8 Å². The molecule has 2 heterocycles. The average Bonchev–Trinajstić information content (AvgIpc) is 2.85. The largest absolute Gasteiger partial charge is 0.462 e. The molecule has 0 unspecified atom stereocenters. The molecule has 2 aromatic rings. The van der Waals surface area contributed by atoms with Crippen molar-refractivity contribution in [1.82, 2.24) is 19.7 Å². The summed E-state index contributed by atoms with van der Waals surface area (Å²) in [7, 11) is 0. The van der Waals surface area contributed by atoms with E-state index in [1.165, 1.54) is 6.20 Å². The van der Waals surface area contributed by atoms with Crippen molar-refractivity contribution < 1.29 is 9.53 Å². The Morgan fingerprint density at radius 1 is 1.38 bits per heavy atom. The van der Waals surface area contributed by atoms with Crippen molar-refractivity contribution in [2.45, 2.75) is 27.3 Å². The molecule has 0 bridgehead atoms. The van der Waals surface area contributed by atoms with E-state index in [1.807, 2.05) is 24.0 Å². The van der Waals surface area contributed by atoms with E-state index in [0.29, 0.717) is 30.4 Å². The van der Waals surface area contributed by atoms with Crippen LogP contribution in [0.25, 0.3) is 0 Å². The minimum atomic E-state index is -0.395. The molecule has 1 N–H and O–H groups in total. The highest BCUT2D eigenvalue weighted by Crippen LogP contribution is 2.08. The molecule has 0 aliphatic rings. The van der Waals surface area contributed by atoms with Gasteiger partial charge in [0.05, 0.1) is 30.6 Å². The van der Waals surface area contributed by atoms with E-state index in [4.69, 9.17) is 4.74 Å². The van der Waals surface area contributed by atoms with Crippen molar-refractivity contribution in [2.24, 2.45) is 0 Å². The minimum absolute atomic E-state index is 0.335. The minimum Gasteiger partial charge on any atom is -0.462 e. The van der Waals surface area contributed by atoms with Crippen molar-refractivity contribution in [1.29, 1.82) is 0 Å². The van der Waals surface area contributed by atoms with E-state index in [9.17, 15) is 4.79 Å². The molecular weight excluding hydrogens is 270 g/mol. The molecule has 0 amide bonds. The lowest BCUT2D eigenvalue weighted by Gasteiger charge is -2.08. The Morgan fingerprint density at radius 3 is 2.81 bits per heavy atom. The monoisotopic (exact) mass is 289 g/mol. The van der Waals surface area contributed by atoms with Gasteiger partial charge in [-0.1, -0.05) is 0 Å². The zero-order valence-electron chi connectivity index (χ0n) is 12.5. The number of carbonyl (C=O) groups excluding carboxylic acids is 1. The van der Waals surface area contributed by atoms with Gasteiger partial charge in [-0.2, -0.15) is 5.10 Å². The zero-order chi connectivity index (χ0) is 15.2. The molecule has 7 nitrogen and oxygen atoms in total. The summed E-state index contributed by atoms with van der Waals surface area (Å²) in [5, 5.41) is 7.30. The molecule has 0 atom stereocenters. The van der Waals surface area contributed by atoms with Crippen molar-refractivity contribution >= 4 is 11.9 Å². The number of carbonyl (C=O) groups is 1. The molecule has 112 valence electrons. The Morgan fingerprint density at radius 2 is 2.19 bits per heavy atom. The lowest BCUT2D eigenvalue weighted by molar-refractivity contribution is 0.0524. The number of nitrogens with zero attached hydrogens (tertiary/aromatic N) is 4. The molecule has 0 fully saturated rings. The van der Waals surface area contributed by atoms with Crippen molar-refractivity contribution in [3.05, 3.63) is 35.4 Å². The number of anilines is 1. The van der Waals surface area contributed by atoms with Crippen LogP contribution in [-0.2, 0) is 11.3 Å². The van der Waals surface area contributed by atoms with Gasteiger partial charge in [0, 0.05) is 18.9 Å². The van der Waals surface area contributed by atoms with E-state index in [0.717, 1.165) is 12.1 Å². The van der Waals surface area contributed by atoms with Crippen LogP contribution in [0.15, 0.2) is 18.6 Å². The van der Waals surface area contributed by atoms with Crippen LogP contribution >= 0.6 is 0 Å². The summed E-state index contributed by atoms with van der Waals surface area (Å²) < 4.78 is 6.79. The fourth-order valence-corrected chi connectivity index (χ4v) is 1.83. The quantitative estimate of drug-likeness (QED) is 0.813. The second-order valence-electron chi connectivity index (χ2n) is 4.62. The third-order valence-electron chi connectivity index (χ3n) is 2.86. The summed E-state index contributed by atoms with van der Waals surface area (Å²) in [5.74, 6) is 0.0954. The molecule has 0 spiro atoms. The van der Waals surface area contributed by atoms with Crippen molar-refractivity contribution in [3.8, 4) is 0 Å². The summed E-state index contributed by atoms with van der Waals surface area (Å²) in [6.07, 6.45) is 5.27. The molecule has 7 heteroatoms. The number of aromatic nitrogens is 4. The normalized spacial score (nSPS) is 10.4. The molecule has 0 saturated heterocycles. The van der Waals surface area contributed by atoms with Gasteiger partial charge in [-0.05, 0) is 26.3 Å². The van der Waals surface area contributed by atoms with E-state index in [1.54, 1.807) is 13.8 Å². The summed E-state index contributed by atoms with van der Waals surface area (Å²) >= 11 is 0. The highest BCUT2D eigenvalue weighted by Gasteiger charge is 2.12. The van der Waals surface area contributed by atoms with Crippen LogP contribution in [0.2, 0.25) is 0 Å². The highest BCUT2D eigenvalue weighted by atomic mass is 16.5. The zero-order valence-corrected chi connectivity index (χ0v) is 12.5. The number of rotatable bonds is 6. The number of hydrogen-bond donors (Lipinski definition) is 1. The fraction of sp³-hybridized carbons (Fsp3) is 0.429. The lowest BCUT2D eigenvalue weighted by atomic mass is 10.2. The van der Waals surface area contributed by atoms with Crippen LogP contribution in [-0.4, -0.2) is 38.9 Å². The smallest absolute Gasteiger partial charge is 0.341 e. The second-order valence-corrected chi connectivity index (χ2v) is 4.62. The van der Waals surface area contributed by atoms with E-state index in [-0.39, 0.29) is 0 Å². The van der Waals surface area contributed by atoms with Crippen molar-refractivity contribution in [2.75, 3.05) is 18.5 Å². The van der Waals surface area contributed by atoms with Gasteiger partial charge in [-0.15, -0.1) is 0 Å². The first-order valence-electron chi connectivity index (χ1n) is 6.84. The second kappa shape index (κ2) is 6.83. The molecule has 0 aromatic carbocycles. The predicted octanol–water partition coefficient (Wildman–Crippen LogP) is 1.58. The lowest BCUT2D eigenvalue weighted by Crippen LogP contribution is -2.14. The maximum Gasteiger partial charge on any atom is 0.341 e.